The molecule has 1 atom stereocenters. The molecule has 1 aliphatic heterocycles. The highest BCUT2D eigenvalue weighted by atomic mass is 16.5. The van der Waals surface area contributed by atoms with Crippen molar-refractivity contribution in [3.05, 3.63) is 48.2 Å². The van der Waals surface area contributed by atoms with Crippen LogP contribution in [0.15, 0.2) is 36.8 Å². The number of hydrogen-bond acceptors (Lipinski definition) is 7. The largest absolute Gasteiger partial charge is 0.495 e. The maximum absolute atomic E-state index is 12.0. The minimum atomic E-state index is -0.168. The fourth-order valence-electron chi connectivity index (χ4n) is 5.01. The van der Waals surface area contributed by atoms with Crippen LogP contribution in [0.3, 0.4) is 0 Å². The van der Waals surface area contributed by atoms with Gasteiger partial charge in [-0.15, -0.1) is 0 Å². The number of hydrogen-bond donors (Lipinski definition) is 2. The van der Waals surface area contributed by atoms with E-state index in [1.165, 1.54) is 12.8 Å². The van der Waals surface area contributed by atoms with Gasteiger partial charge in [0.05, 0.1) is 25.0 Å². The Morgan fingerprint density at radius 3 is 2.79 bits per heavy atom. The van der Waals surface area contributed by atoms with Crippen LogP contribution in [0.5, 0.6) is 5.75 Å². The summed E-state index contributed by atoms with van der Waals surface area (Å²) in [7, 11) is 3.18. The Morgan fingerprint density at radius 2 is 2.06 bits per heavy atom. The minimum Gasteiger partial charge on any atom is -0.495 e. The van der Waals surface area contributed by atoms with E-state index in [4.69, 9.17) is 9.72 Å². The predicted octanol–water partition coefficient (Wildman–Crippen LogP) is 3.99. The number of fused-ring (bicyclic) bond motifs is 3. The van der Waals surface area contributed by atoms with Crippen LogP contribution >= 0.6 is 0 Å². The monoisotopic (exact) mass is 447 g/mol. The van der Waals surface area contributed by atoms with Crippen LogP contribution in [0.4, 0.5) is 17.5 Å². The van der Waals surface area contributed by atoms with Crippen molar-refractivity contribution < 1.29 is 9.53 Å². The van der Waals surface area contributed by atoms with E-state index in [1.54, 1.807) is 26.3 Å². The third-order valence-electron chi connectivity index (χ3n) is 6.60. The molecule has 33 heavy (non-hydrogen) atoms. The van der Waals surface area contributed by atoms with Crippen molar-refractivity contribution in [2.75, 3.05) is 24.4 Å². The van der Waals surface area contributed by atoms with Gasteiger partial charge in [0.1, 0.15) is 17.3 Å². The first kappa shape index (κ1) is 21.2. The lowest BCUT2D eigenvalue weighted by atomic mass is 10.0. The molecule has 172 valence electrons. The van der Waals surface area contributed by atoms with Crippen molar-refractivity contribution in [1.29, 1.82) is 0 Å². The lowest BCUT2D eigenvalue weighted by Gasteiger charge is -2.41. The van der Waals surface area contributed by atoms with Gasteiger partial charge < -0.3 is 20.3 Å². The van der Waals surface area contributed by atoms with Crippen molar-refractivity contribution in [1.82, 2.24) is 24.8 Å². The first-order valence-corrected chi connectivity index (χ1v) is 11.5. The van der Waals surface area contributed by atoms with Crippen LogP contribution in [0.1, 0.15) is 61.3 Å². The van der Waals surface area contributed by atoms with Crippen LogP contribution in [0, 0.1) is 0 Å². The van der Waals surface area contributed by atoms with Gasteiger partial charge in [0, 0.05) is 31.0 Å². The van der Waals surface area contributed by atoms with Crippen molar-refractivity contribution in [3.8, 4) is 11.4 Å². The van der Waals surface area contributed by atoms with Gasteiger partial charge in [0.2, 0.25) is 5.95 Å². The van der Waals surface area contributed by atoms with Gasteiger partial charge in [-0.1, -0.05) is 19.8 Å². The number of imidazole rings is 1. The maximum atomic E-state index is 12.0. The molecule has 0 bridgehead atoms. The third kappa shape index (κ3) is 3.67. The van der Waals surface area contributed by atoms with Gasteiger partial charge in [-0.3, -0.25) is 9.36 Å². The minimum absolute atomic E-state index is 0.168. The van der Waals surface area contributed by atoms with Crippen LogP contribution in [-0.2, 0) is 0 Å². The highest BCUT2D eigenvalue weighted by Gasteiger charge is 2.38. The summed E-state index contributed by atoms with van der Waals surface area (Å²) < 4.78 is 7.63. The fourth-order valence-corrected chi connectivity index (χ4v) is 5.01. The lowest BCUT2D eigenvalue weighted by molar-refractivity contribution is 0.0963. The van der Waals surface area contributed by atoms with E-state index < -0.39 is 0 Å². The Hall–Kier alpha value is -3.62. The van der Waals surface area contributed by atoms with E-state index in [-0.39, 0.29) is 11.9 Å². The predicted molar refractivity (Wildman–Crippen MR) is 127 cm³/mol. The molecular weight excluding hydrogens is 418 g/mol. The Morgan fingerprint density at radius 1 is 1.24 bits per heavy atom. The molecule has 1 aliphatic carbocycles. The SMILES string of the molecule is CCC1c2nccn2-c2cnc(Nc3ccc(C(=O)NC)cc3OC)nc2N1C1CCCC1. The molecular formula is C24H29N7O2. The second-order valence-corrected chi connectivity index (χ2v) is 8.45. The summed E-state index contributed by atoms with van der Waals surface area (Å²) in [4.78, 5) is 28.7. The van der Waals surface area contributed by atoms with Crippen LogP contribution in [0.2, 0.25) is 0 Å². The number of aromatic nitrogens is 4. The van der Waals surface area contributed by atoms with Crippen molar-refractivity contribution >= 4 is 23.4 Å². The molecule has 5 rings (SSSR count). The Kier molecular flexibility index (Phi) is 5.62. The van der Waals surface area contributed by atoms with Gasteiger partial charge >= 0.3 is 0 Å². The number of amides is 1. The first-order valence-electron chi connectivity index (χ1n) is 11.5. The summed E-state index contributed by atoms with van der Waals surface area (Å²) in [5, 5.41) is 5.92. The molecule has 0 radical (unpaired) electrons. The molecule has 2 aromatic heterocycles. The summed E-state index contributed by atoms with van der Waals surface area (Å²) >= 11 is 0. The normalized spacial score (nSPS) is 17.4. The van der Waals surface area contributed by atoms with E-state index in [2.05, 4.69) is 37.0 Å². The van der Waals surface area contributed by atoms with E-state index in [0.717, 1.165) is 36.6 Å². The smallest absolute Gasteiger partial charge is 0.251 e. The molecule has 0 spiro atoms. The summed E-state index contributed by atoms with van der Waals surface area (Å²) in [6.07, 6.45) is 11.5. The van der Waals surface area contributed by atoms with Gasteiger partial charge in [0.15, 0.2) is 5.82 Å². The second-order valence-electron chi connectivity index (χ2n) is 8.45. The summed E-state index contributed by atoms with van der Waals surface area (Å²) in [6, 6.07) is 5.89. The second kappa shape index (κ2) is 8.73. The average Bonchev–Trinajstić information content (AvgIpc) is 3.55. The van der Waals surface area contributed by atoms with Crippen molar-refractivity contribution in [3.63, 3.8) is 0 Å². The lowest BCUT2D eigenvalue weighted by Crippen LogP contribution is -2.42. The molecule has 3 heterocycles. The molecule has 3 aromatic rings. The number of rotatable bonds is 6. The van der Waals surface area contributed by atoms with Gasteiger partial charge in [-0.2, -0.15) is 4.98 Å². The van der Waals surface area contributed by atoms with Crippen molar-refractivity contribution in [2.45, 2.75) is 51.1 Å². The van der Waals surface area contributed by atoms with Gasteiger partial charge in [0.25, 0.3) is 5.91 Å². The fraction of sp³-hybridized carbons (Fsp3) is 0.417. The number of benzene rings is 1. The van der Waals surface area contributed by atoms with Crippen LogP contribution in [0.25, 0.3) is 5.69 Å². The number of carbonyl (C=O) groups is 1. The highest BCUT2D eigenvalue weighted by molar-refractivity contribution is 5.95. The van der Waals surface area contributed by atoms with E-state index >= 15 is 0 Å². The van der Waals surface area contributed by atoms with Crippen molar-refractivity contribution in [2.24, 2.45) is 0 Å². The quantitative estimate of drug-likeness (QED) is 0.590. The molecule has 1 saturated carbocycles. The number of ether oxygens (including phenoxy) is 1. The van der Waals surface area contributed by atoms with Gasteiger partial charge in [-0.05, 0) is 37.5 Å². The topological polar surface area (TPSA) is 97.2 Å². The molecule has 9 nitrogen and oxygen atoms in total. The maximum Gasteiger partial charge on any atom is 0.251 e. The molecule has 2 N–H and O–H groups in total. The zero-order valence-corrected chi connectivity index (χ0v) is 19.2. The van der Waals surface area contributed by atoms with E-state index in [0.29, 0.717) is 29.0 Å². The van der Waals surface area contributed by atoms with Crippen LogP contribution < -0.4 is 20.3 Å². The molecule has 0 saturated heterocycles. The van der Waals surface area contributed by atoms with Crippen LogP contribution in [-0.4, -0.2) is 45.6 Å². The number of nitrogens with one attached hydrogen (secondary N) is 2. The third-order valence-corrected chi connectivity index (χ3v) is 6.60. The van der Waals surface area contributed by atoms with E-state index in [9.17, 15) is 4.79 Å². The Bertz CT molecular complexity index is 1170. The first-order chi connectivity index (χ1) is 16.1. The molecule has 1 unspecified atom stereocenters. The highest BCUT2D eigenvalue weighted by Crippen LogP contribution is 2.43. The molecule has 2 aliphatic rings. The number of nitrogens with zero attached hydrogens (tertiary/aromatic N) is 5. The molecule has 1 amide bonds. The molecule has 9 heteroatoms. The van der Waals surface area contributed by atoms with E-state index in [1.807, 2.05) is 24.7 Å². The zero-order valence-electron chi connectivity index (χ0n) is 19.2. The molecule has 1 fully saturated rings. The number of anilines is 3. The summed E-state index contributed by atoms with van der Waals surface area (Å²) in [5.41, 5.74) is 2.17. The Balaban J connectivity index is 1.54. The zero-order chi connectivity index (χ0) is 22.9. The van der Waals surface area contributed by atoms with Gasteiger partial charge in [-0.25, -0.2) is 9.97 Å². The number of methoxy groups -OCH3 is 1. The molecule has 1 aromatic carbocycles. The summed E-state index contributed by atoms with van der Waals surface area (Å²) in [5.74, 6) is 2.85. The summed E-state index contributed by atoms with van der Waals surface area (Å²) in [6.45, 7) is 2.20. The average molecular weight is 448 g/mol. The number of carbonyl (C=O) groups excluding carboxylic acids is 1. The Labute approximate surface area is 193 Å². The standard InChI is InChI=1S/C24H29N7O2/c1-4-18-21-26-11-12-30(21)19-14-27-24(29-22(19)31(18)16-7-5-6-8-16)28-17-10-9-15(23(32)25-2)13-20(17)33-3/h9-14,16,18H,4-8H2,1-3H3,(H,25,32)(H,27,28,29).